The fourth-order valence-corrected chi connectivity index (χ4v) is 3.96. The van der Waals surface area contributed by atoms with Gasteiger partial charge in [-0.25, -0.2) is 4.98 Å². The zero-order chi connectivity index (χ0) is 17.2. The minimum atomic E-state index is 0.158. The van der Waals surface area contributed by atoms with E-state index in [2.05, 4.69) is 31.2 Å². The summed E-state index contributed by atoms with van der Waals surface area (Å²) < 4.78 is 7.36. The van der Waals surface area contributed by atoms with Gasteiger partial charge >= 0.3 is 0 Å². The lowest BCUT2D eigenvalue weighted by atomic mass is 10.1. The number of aromatic nitrogens is 2. The number of amides is 1. The first-order valence-electron chi connectivity index (χ1n) is 8.65. The highest BCUT2D eigenvalue weighted by Gasteiger charge is 2.19. The quantitative estimate of drug-likeness (QED) is 0.723. The summed E-state index contributed by atoms with van der Waals surface area (Å²) in [4.78, 5) is 20.0. The average Bonchev–Trinajstić information content (AvgIpc) is 3.24. The van der Waals surface area contributed by atoms with Crippen LogP contribution in [0.4, 0.5) is 0 Å². The number of ether oxygens (including phenoxy) is 1. The molecule has 0 aliphatic carbocycles. The zero-order valence-corrected chi connectivity index (χ0v) is 15.1. The van der Waals surface area contributed by atoms with Crippen LogP contribution in [0.3, 0.4) is 0 Å². The molecule has 1 amide bonds. The normalized spacial score (nSPS) is 15.0. The molecule has 1 aliphatic heterocycles. The predicted octanol–water partition coefficient (Wildman–Crippen LogP) is 3.03. The van der Waals surface area contributed by atoms with Crippen molar-refractivity contribution in [3.63, 3.8) is 0 Å². The SMILES string of the molecule is CCc1ccc(-c2cn3c(CC(=O)N4CCOCC4)csc3n2)cc1. The lowest BCUT2D eigenvalue weighted by Gasteiger charge is -2.26. The minimum absolute atomic E-state index is 0.158. The standard InChI is InChI=1S/C19H21N3O2S/c1-2-14-3-5-15(6-4-14)17-12-22-16(13-25-19(22)20-17)11-18(23)21-7-9-24-10-8-21/h3-6,12-13H,2,7-11H2,1H3. The van der Waals surface area contributed by atoms with Gasteiger partial charge in [0, 0.05) is 35.9 Å². The van der Waals surface area contributed by atoms with Crippen LogP contribution < -0.4 is 0 Å². The third-order valence-corrected chi connectivity index (χ3v) is 5.53. The highest BCUT2D eigenvalue weighted by atomic mass is 32.1. The predicted molar refractivity (Wildman–Crippen MR) is 99.0 cm³/mol. The Balaban J connectivity index is 1.56. The number of carbonyl (C=O) groups is 1. The summed E-state index contributed by atoms with van der Waals surface area (Å²) in [5.41, 5.74) is 4.38. The molecule has 1 saturated heterocycles. The molecule has 0 bridgehead atoms. The van der Waals surface area contributed by atoms with Crippen LogP contribution >= 0.6 is 11.3 Å². The van der Waals surface area contributed by atoms with E-state index in [0.717, 1.165) is 28.3 Å². The van der Waals surface area contributed by atoms with Crippen LogP contribution in [0, 0.1) is 0 Å². The molecule has 0 N–H and O–H groups in total. The van der Waals surface area contributed by atoms with Crippen molar-refractivity contribution in [3.8, 4) is 11.3 Å². The van der Waals surface area contributed by atoms with Crippen molar-refractivity contribution in [2.45, 2.75) is 19.8 Å². The molecule has 4 rings (SSSR count). The van der Waals surface area contributed by atoms with Crippen molar-refractivity contribution >= 4 is 22.2 Å². The molecule has 0 saturated carbocycles. The molecule has 1 aliphatic rings. The molecule has 3 aromatic rings. The van der Waals surface area contributed by atoms with Crippen LogP contribution in [0.2, 0.25) is 0 Å². The first-order chi connectivity index (χ1) is 12.2. The van der Waals surface area contributed by atoms with Crippen LogP contribution in [-0.4, -0.2) is 46.5 Å². The van der Waals surface area contributed by atoms with E-state index in [1.165, 1.54) is 5.56 Å². The molecule has 0 radical (unpaired) electrons. The second-order valence-electron chi connectivity index (χ2n) is 6.23. The summed E-state index contributed by atoms with van der Waals surface area (Å²) in [7, 11) is 0. The number of fused-ring (bicyclic) bond motifs is 1. The smallest absolute Gasteiger partial charge is 0.228 e. The Morgan fingerprint density at radius 1 is 1.24 bits per heavy atom. The largest absolute Gasteiger partial charge is 0.378 e. The fourth-order valence-electron chi connectivity index (χ4n) is 3.09. The van der Waals surface area contributed by atoms with Gasteiger partial charge in [-0.15, -0.1) is 11.3 Å². The summed E-state index contributed by atoms with van der Waals surface area (Å²) in [6.07, 6.45) is 3.48. The van der Waals surface area contributed by atoms with Gasteiger partial charge < -0.3 is 9.64 Å². The van der Waals surface area contributed by atoms with Crippen LogP contribution in [-0.2, 0) is 22.4 Å². The molecule has 25 heavy (non-hydrogen) atoms. The molecule has 130 valence electrons. The maximum Gasteiger partial charge on any atom is 0.228 e. The Hall–Kier alpha value is -2.18. The third-order valence-electron chi connectivity index (χ3n) is 4.64. The maximum absolute atomic E-state index is 12.5. The molecule has 6 heteroatoms. The molecule has 1 aromatic carbocycles. The van der Waals surface area contributed by atoms with Gasteiger partial charge in [0.15, 0.2) is 4.96 Å². The van der Waals surface area contributed by atoms with Gasteiger partial charge in [0.25, 0.3) is 0 Å². The molecule has 3 heterocycles. The summed E-state index contributed by atoms with van der Waals surface area (Å²) in [6.45, 7) is 4.79. The number of imidazole rings is 1. The Morgan fingerprint density at radius 2 is 2.00 bits per heavy atom. The fraction of sp³-hybridized carbons (Fsp3) is 0.368. The van der Waals surface area contributed by atoms with E-state index in [9.17, 15) is 4.79 Å². The van der Waals surface area contributed by atoms with Crippen molar-refractivity contribution < 1.29 is 9.53 Å². The van der Waals surface area contributed by atoms with E-state index in [1.807, 2.05) is 20.9 Å². The molecule has 1 fully saturated rings. The van der Waals surface area contributed by atoms with Crippen molar-refractivity contribution in [2.24, 2.45) is 0 Å². The number of benzene rings is 1. The number of carbonyl (C=O) groups excluding carboxylic acids is 1. The molecule has 0 spiro atoms. The number of hydrogen-bond donors (Lipinski definition) is 0. The second kappa shape index (κ2) is 6.98. The zero-order valence-electron chi connectivity index (χ0n) is 14.3. The van der Waals surface area contributed by atoms with Gasteiger partial charge in [-0.2, -0.15) is 0 Å². The van der Waals surface area contributed by atoms with Gasteiger partial charge in [0.05, 0.1) is 25.3 Å². The van der Waals surface area contributed by atoms with Crippen molar-refractivity contribution in [3.05, 3.63) is 47.1 Å². The van der Waals surface area contributed by atoms with Crippen LogP contribution in [0.5, 0.6) is 0 Å². The van der Waals surface area contributed by atoms with Crippen molar-refractivity contribution in [1.29, 1.82) is 0 Å². The second-order valence-corrected chi connectivity index (χ2v) is 7.06. The summed E-state index contributed by atoms with van der Waals surface area (Å²) >= 11 is 1.58. The maximum atomic E-state index is 12.5. The van der Waals surface area contributed by atoms with E-state index >= 15 is 0 Å². The number of morpholine rings is 1. The first-order valence-corrected chi connectivity index (χ1v) is 9.53. The van der Waals surface area contributed by atoms with Crippen LogP contribution in [0.1, 0.15) is 18.2 Å². The van der Waals surface area contributed by atoms with Gasteiger partial charge in [-0.1, -0.05) is 31.2 Å². The van der Waals surface area contributed by atoms with E-state index in [0.29, 0.717) is 32.7 Å². The molecular formula is C19H21N3O2S. The number of aryl methyl sites for hydroxylation is 1. The Kier molecular flexibility index (Phi) is 4.55. The molecule has 0 unspecified atom stereocenters. The van der Waals surface area contributed by atoms with Crippen LogP contribution in [0.25, 0.3) is 16.2 Å². The topological polar surface area (TPSA) is 46.8 Å². The molecule has 0 atom stereocenters. The summed E-state index contributed by atoms with van der Waals surface area (Å²) in [5, 5.41) is 2.03. The first kappa shape index (κ1) is 16.3. The lowest BCUT2D eigenvalue weighted by Crippen LogP contribution is -2.41. The monoisotopic (exact) mass is 355 g/mol. The van der Waals surface area contributed by atoms with E-state index < -0.39 is 0 Å². The van der Waals surface area contributed by atoms with Crippen molar-refractivity contribution in [1.82, 2.24) is 14.3 Å². The minimum Gasteiger partial charge on any atom is -0.378 e. The number of hydrogen-bond acceptors (Lipinski definition) is 4. The third kappa shape index (κ3) is 3.32. The molecular weight excluding hydrogens is 334 g/mol. The summed E-state index contributed by atoms with van der Waals surface area (Å²) in [6, 6.07) is 8.52. The Morgan fingerprint density at radius 3 is 2.72 bits per heavy atom. The number of nitrogens with zero attached hydrogens (tertiary/aromatic N) is 3. The molecule has 2 aromatic heterocycles. The van der Waals surface area contributed by atoms with E-state index in [-0.39, 0.29) is 5.91 Å². The lowest BCUT2D eigenvalue weighted by molar-refractivity contribution is -0.134. The summed E-state index contributed by atoms with van der Waals surface area (Å²) in [5.74, 6) is 0.158. The highest BCUT2D eigenvalue weighted by molar-refractivity contribution is 7.15. The van der Waals surface area contributed by atoms with Gasteiger partial charge in [-0.3, -0.25) is 9.20 Å². The highest BCUT2D eigenvalue weighted by Crippen LogP contribution is 2.24. The Labute approximate surface area is 150 Å². The van der Waals surface area contributed by atoms with Gasteiger partial charge in [0.2, 0.25) is 5.91 Å². The Bertz CT molecular complexity index is 876. The van der Waals surface area contributed by atoms with E-state index in [1.54, 1.807) is 11.3 Å². The van der Waals surface area contributed by atoms with E-state index in [4.69, 9.17) is 9.72 Å². The number of rotatable bonds is 4. The van der Waals surface area contributed by atoms with Gasteiger partial charge in [0.1, 0.15) is 0 Å². The van der Waals surface area contributed by atoms with Gasteiger partial charge in [-0.05, 0) is 12.0 Å². The van der Waals surface area contributed by atoms with Crippen LogP contribution in [0.15, 0.2) is 35.8 Å². The number of thiazole rings is 1. The molecule has 5 nitrogen and oxygen atoms in total. The average molecular weight is 355 g/mol. The van der Waals surface area contributed by atoms with Crippen molar-refractivity contribution in [2.75, 3.05) is 26.3 Å².